The summed E-state index contributed by atoms with van der Waals surface area (Å²) >= 11 is 1.80. The van der Waals surface area contributed by atoms with Gasteiger partial charge in [-0.05, 0) is 58.9 Å². The molecule has 3 aromatic carbocycles. The summed E-state index contributed by atoms with van der Waals surface area (Å²) in [4.78, 5) is 31.4. The van der Waals surface area contributed by atoms with E-state index in [9.17, 15) is 14.1 Å². The van der Waals surface area contributed by atoms with E-state index >= 15 is 0 Å². The number of benzene rings is 3. The third-order valence-electron chi connectivity index (χ3n) is 5.74. The summed E-state index contributed by atoms with van der Waals surface area (Å²) in [6, 6.07) is 20.1. The first-order chi connectivity index (χ1) is 17.8. The van der Waals surface area contributed by atoms with Gasteiger partial charge in [-0.2, -0.15) is 0 Å². The third kappa shape index (κ3) is 5.89. The number of esters is 1. The molecule has 0 aromatic heterocycles. The molecule has 192 valence electrons. The largest absolute Gasteiger partial charge is 0.591 e. The maximum Gasteiger partial charge on any atom is 0.338 e. The van der Waals surface area contributed by atoms with Gasteiger partial charge in [0.25, 0.3) is 5.91 Å². The topological polar surface area (TPSA) is 103 Å². The van der Waals surface area contributed by atoms with Crippen LogP contribution in [0.1, 0.15) is 27.0 Å². The minimum absolute atomic E-state index is 0.286. The van der Waals surface area contributed by atoms with Crippen molar-refractivity contribution in [3.8, 4) is 0 Å². The summed E-state index contributed by atoms with van der Waals surface area (Å²) in [6.45, 7) is 2.21. The zero-order valence-corrected chi connectivity index (χ0v) is 22.9. The molecule has 8 nitrogen and oxygen atoms in total. The number of rotatable bonds is 9. The fraction of sp³-hybridized carbons (Fsp3) is 0.185. The Bertz CT molecular complexity index is 1330. The number of hydroxylamine groups is 1. The number of halogens is 1. The van der Waals surface area contributed by atoms with Crippen molar-refractivity contribution in [2.24, 2.45) is 0 Å². The second-order valence-electron chi connectivity index (χ2n) is 8.13. The number of carbonyl (C=O) groups is 2. The Morgan fingerprint density at radius 2 is 1.84 bits per heavy atom. The number of ether oxygens (including phenoxy) is 1. The van der Waals surface area contributed by atoms with Crippen molar-refractivity contribution in [2.45, 2.75) is 11.8 Å². The summed E-state index contributed by atoms with van der Waals surface area (Å²) in [5.41, 5.74) is 4.90. The second-order valence-corrected chi connectivity index (χ2v) is 10.4. The second kappa shape index (κ2) is 11.9. The number of aryl methyl sites for hydroxylation is 1. The molecule has 1 unspecified atom stereocenters. The fourth-order valence-corrected chi connectivity index (χ4v) is 4.93. The minimum Gasteiger partial charge on any atom is -0.591 e. The molecule has 2 N–H and O–H groups in total. The molecule has 1 amide bonds. The van der Waals surface area contributed by atoms with Crippen molar-refractivity contribution in [1.82, 2.24) is 4.47 Å². The van der Waals surface area contributed by atoms with Crippen LogP contribution in [0.2, 0.25) is 0 Å². The van der Waals surface area contributed by atoms with Gasteiger partial charge in [-0.25, -0.2) is 4.79 Å². The van der Waals surface area contributed by atoms with E-state index in [2.05, 4.69) is 26.6 Å². The third-order valence-corrected chi connectivity index (χ3v) is 7.31. The molecule has 0 saturated carbocycles. The zero-order valence-electron chi connectivity index (χ0n) is 20.5. The van der Waals surface area contributed by atoms with Crippen molar-refractivity contribution in [1.29, 1.82) is 0 Å². The van der Waals surface area contributed by atoms with Gasteiger partial charge in [-0.15, -0.1) is 0 Å². The highest BCUT2D eigenvalue weighted by Crippen LogP contribution is 2.39. The molecule has 0 fully saturated rings. The van der Waals surface area contributed by atoms with Crippen LogP contribution in [0.5, 0.6) is 0 Å². The molecule has 0 aliphatic carbocycles. The lowest BCUT2D eigenvalue weighted by Crippen LogP contribution is -2.28. The number of hydrogen-bond acceptors (Lipinski definition) is 7. The molecule has 3 aromatic rings. The minimum atomic E-state index is -1.49. The van der Waals surface area contributed by atoms with Crippen LogP contribution in [0, 0.1) is 6.92 Å². The smallest absolute Gasteiger partial charge is 0.338 e. The Balaban J connectivity index is 1.73. The molecule has 0 saturated heterocycles. The molecule has 10 heteroatoms. The summed E-state index contributed by atoms with van der Waals surface area (Å²) in [5.74, 6) is -0.750. The van der Waals surface area contributed by atoms with Crippen LogP contribution < -0.4 is 10.6 Å². The average Bonchev–Trinajstić information content (AvgIpc) is 3.23. The molecule has 1 atom stereocenters. The Morgan fingerprint density at radius 3 is 2.49 bits per heavy atom. The first kappa shape index (κ1) is 26.9. The fourth-order valence-electron chi connectivity index (χ4n) is 3.95. The SMILES string of the molecule is COC(=O)c1cc2c(cc1C)/C(=C(/Nc1ccc([S+]([O-])N(C)OCCBr)cc1)c1ccccc1)C(=O)N2. The van der Waals surface area contributed by atoms with Gasteiger partial charge >= 0.3 is 5.97 Å². The lowest BCUT2D eigenvalue weighted by molar-refractivity contribution is -0.110. The van der Waals surface area contributed by atoms with Crippen molar-refractivity contribution < 1.29 is 23.7 Å². The summed E-state index contributed by atoms with van der Waals surface area (Å²) < 4.78 is 18.9. The highest BCUT2D eigenvalue weighted by atomic mass is 79.9. The normalized spacial score (nSPS) is 14.7. The quantitative estimate of drug-likeness (QED) is 0.120. The number of fused-ring (bicyclic) bond motifs is 1. The molecule has 1 aliphatic heterocycles. The van der Waals surface area contributed by atoms with Crippen LogP contribution in [-0.2, 0) is 25.7 Å². The Labute approximate surface area is 227 Å². The lowest BCUT2D eigenvalue weighted by Gasteiger charge is -2.19. The predicted octanol–water partition coefficient (Wildman–Crippen LogP) is 5.00. The van der Waals surface area contributed by atoms with Gasteiger partial charge in [0.05, 0.1) is 43.3 Å². The lowest BCUT2D eigenvalue weighted by atomic mass is 9.96. The monoisotopic (exact) mass is 583 g/mol. The number of methoxy groups -OCH3 is 1. The predicted molar refractivity (Wildman–Crippen MR) is 148 cm³/mol. The maximum atomic E-state index is 13.2. The van der Waals surface area contributed by atoms with E-state index < -0.39 is 17.3 Å². The number of nitrogens with zero attached hydrogens (tertiary/aromatic N) is 1. The molecule has 1 aliphatic rings. The zero-order chi connectivity index (χ0) is 26.5. The number of carbonyl (C=O) groups excluding carboxylic acids is 2. The van der Waals surface area contributed by atoms with Crippen LogP contribution in [0.3, 0.4) is 0 Å². The highest BCUT2D eigenvalue weighted by Gasteiger charge is 2.30. The molecule has 0 spiro atoms. The first-order valence-electron chi connectivity index (χ1n) is 11.4. The average molecular weight is 584 g/mol. The van der Waals surface area contributed by atoms with Gasteiger partial charge in [0, 0.05) is 16.6 Å². The van der Waals surface area contributed by atoms with Gasteiger partial charge in [0.2, 0.25) is 0 Å². The first-order valence-corrected chi connectivity index (χ1v) is 13.6. The van der Waals surface area contributed by atoms with E-state index in [4.69, 9.17) is 9.57 Å². The van der Waals surface area contributed by atoms with Gasteiger partial charge in [0.1, 0.15) is 11.4 Å². The van der Waals surface area contributed by atoms with E-state index in [1.807, 2.05) is 36.4 Å². The van der Waals surface area contributed by atoms with Crippen molar-refractivity contribution >= 4 is 61.8 Å². The van der Waals surface area contributed by atoms with Crippen molar-refractivity contribution in [3.63, 3.8) is 0 Å². The standard InChI is InChI=1S/C27H26BrN3O5S/c1-17-15-22-23(16-21(17)27(33)35-3)30-26(32)24(22)25(18-7-5-4-6-8-18)29-19-9-11-20(12-10-19)37(34)31(2)36-14-13-28/h4-12,15-16,29H,13-14H2,1-3H3,(H,30,32)/b25-24-. The number of hydrogen-bond donors (Lipinski definition) is 2. The van der Waals surface area contributed by atoms with Crippen LogP contribution in [0.25, 0.3) is 11.3 Å². The summed E-state index contributed by atoms with van der Waals surface area (Å²) in [6.07, 6.45) is 0. The van der Waals surface area contributed by atoms with Gasteiger partial charge in [-0.1, -0.05) is 46.3 Å². The number of nitrogens with one attached hydrogen (secondary N) is 2. The number of amides is 1. The molecule has 1 heterocycles. The molecular formula is C27H26BrN3O5S. The van der Waals surface area contributed by atoms with Crippen LogP contribution in [0.4, 0.5) is 11.4 Å². The van der Waals surface area contributed by atoms with Gasteiger partial charge < -0.3 is 19.9 Å². The number of alkyl halides is 1. The molecule has 4 rings (SSSR count). The van der Waals surface area contributed by atoms with E-state index in [0.717, 1.165) is 5.56 Å². The molecule has 37 heavy (non-hydrogen) atoms. The molecule has 0 radical (unpaired) electrons. The Hall–Kier alpha value is -3.15. The molecular weight excluding hydrogens is 558 g/mol. The van der Waals surface area contributed by atoms with E-state index in [1.54, 1.807) is 44.3 Å². The maximum absolute atomic E-state index is 13.2. The van der Waals surface area contributed by atoms with E-state index in [1.165, 1.54) is 11.6 Å². The van der Waals surface area contributed by atoms with E-state index in [-0.39, 0.29) is 5.91 Å². The number of anilines is 2. The summed E-state index contributed by atoms with van der Waals surface area (Å²) in [5, 5.41) is 6.89. The van der Waals surface area contributed by atoms with Crippen molar-refractivity contribution in [2.75, 3.05) is 36.7 Å². The summed E-state index contributed by atoms with van der Waals surface area (Å²) in [7, 11) is 2.94. The van der Waals surface area contributed by atoms with E-state index in [0.29, 0.717) is 56.2 Å². The molecule has 0 bridgehead atoms. The van der Waals surface area contributed by atoms with Crippen molar-refractivity contribution in [3.05, 3.63) is 89.0 Å². The van der Waals surface area contributed by atoms with Gasteiger partial charge in [-0.3, -0.25) is 9.63 Å². The Kier molecular flexibility index (Phi) is 8.67. The van der Waals surface area contributed by atoms with Crippen LogP contribution in [-0.4, -0.2) is 47.0 Å². The van der Waals surface area contributed by atoms with Gasteiger partial charge in [0.15, 0.2) is 4.90 Å². The van der Waals surface area contributed by atoms with Crippen LogP contribution in [0.15, 0.2) is 71.6 Å². The van der Waals surface area contributed by atoms with Crippen LogP contribution >= 0.6 is 15.9 Å². The highest BCUT2D eigenvalue weighted by molar-refractivity contribution is 9.09. The Morgan fingerprint density at radius 1 is 1.14 bits per heavy atom.